The van der Waals surface area contributed by atoms with Gasteiger partial charge >= 0.3 is 5.69 Å². The Morgan fingerprint density at radius 3 is 2.73 bits per heavy atom. The lowest BCUT2D eigenvalue weighted by Gasteiger charge is -2.12. The maximum Gasteiger partial charge on any atom is 0.332 e. The predicted molar refractivity (Wildman–Crippen MR) is 101 cm³/mol. The van der Waals surface area contributed by atoms with Crippen molar-refractivity contribution in [2.75, 3.05) is 5.32 Å². The topological polar surface area (TPSA) is 86.0 Å². The summed E-state index contributed by atoms with van der Waals surface area (Å²) in [5.41, 5.74) is 2.76. The van der Waals surface area contributed by atoms with Crippen LogP contribution in [-0.2, 0) is 11.3 Å². The summed E-state index contributed by atoms with van der Waals surface area (Å²) >= 11 is 1.11. The Morgan fingerprint density at radius 2 is 2.04 bits per heavy atom. The molecule has 26 heavy (non-hydrogen) atoms. The van der Waals surface area contributed by atoms with Gasteiger partial charge in [-0.05, 0) is 61.5 Å². The summed E-state index contributed by atoms with van der Waals surface area (Å²) in [6.07, 6.45) is 1.61. The van der Waals surface area contributed by atoms with E-state index in [2.05, 4.69) is 9.69 Å². The van der Waals surface area contributed by atoms with E-state index >= 15 is 0 Å². The Labute approximate surface area is 153 Å². The molecule has 2 heterocycles. The van der Waals surface area contributed by atoms with Gasteiger partial charge < -0.3 is 5.32 Å². The average molecular weight is 370 g/mol. The number of nitrogens with zero attached hydrogens (tertiary/aromatic N) is 3. The van der Waals surface area contributed by atoms with Crippen LogP contribution in [0.15, 0.2) is 33.2 Å². The fourth-order valence-electron chi connectivity index (χ4n) is 2.98. The van der Waals surface area contributed by atoms with Crippen molar-refractivity contribution in [2.24, 2.45) is 0 Å². The molecular formula is C18H18N4O3S. The van der Waals surface area contributed by atoms with Gasteiger partial charge in [-0.25, -0.2) is 4.79 Å². The number of hydrogen-bond donors (Lipinski definition) is 1. The van der Waals surface area contributed by atoms with Gasteiger partial charge in [0.1, 0.15) is 6.54 Å². The predicted octanol–water partition coefficient (Wildman–Crippen LogP) is 2.21. The molecule has 1 aliphatic rings. The number of aryl methyl sites for hydroxylation is 2. The molecule has 0 unspecified atom stereocenters. The van der Waals surface area contributed by atoms with Crippen molar-refractivity contribution in [1.82, 2.24) is 13.5 Å². The van der Waals surface area contributed by atoms with E-state index in [1.807, 2.05) is 32.0 Å². The van der Waals surface area contributed by atoms with Gasteiger partial charge in [-0.2, -0.15) is 4.37 Å². The van der Waals surface area contributed by atoms with Crippen molar-refractivity contribution in [3.8, 4) is 0 Å². The molecule has 8 heteroatoms. The van der Waals surface area contributed by atoms with Crippen molar-refractivity contribution in [1.29, 1.82) is 0 Å². The van der Waals surface area contributed by atoms with E-state index in [1.165, 1.54) is 9.13 Å². The molecule has 1 amide bonds. The molecule has 1 fully saturated rings. The van der Waals surface area contributed by atoms with Gasteiger partial charge in [-0.3, -0.25) is 18.7 Å². The molecule has 0 aliphatic heterocycles. The molecule has 0 saturated heterocycles. The van der Waals surface area contributed by atoms with Crippen LogP contribution in [0.1, 0.15) is 30.0 Å². The normalized spacial score (nSPS) is 13.9. The monoisotopic (exact) mass is 370 g/mol. The maximum atomic E-state index is 12.8. The van der Waals surface area contributed by atoms with E-state index < -0.39 is 5.69 Å². The summed E-state index contributed by atoms with van der Waals surface area (Å²) in [5.74, 6) is -0.316. The Balaban J connectivity index is 1.69. The number of rotatable bonds is 4. The van der Waals surface area contributed by atoms with Gasteiger partial charge in [-0.1, -0.05) is 6.07 Å². The van der Waals surface area contributed by atoms with Gasteiger partial charge in [0.15, 0.2) is 5.52 Å². The van der Waals surface area contributed by atoms with Crippen LogP contribution >= 0.6 is 11.5 Å². The molecule has 134 valence electrons. The van der Waals surface area contributed by atoms with Crippen molar-refractivity contribution in [3.05, 3.63) is 55.5 Å². The first kappa shape index (κ1) is 16.7. The Morgan fingerprint density at radius 1 is 1.27 bits per heavy atom. The van der Waals surface area contributed by atoms with E-state index in [0.29, 0.717) is 11.2 Å². The molecule has 1 aliphatic carbocycles. The molecule has 0 atom stereocenters. The highest BCUT2D eigenvalue weighted by molar-refractivity contribution is 7.04. The Hall–Kier alpha value is -2.74. The summed E-state index contributed by atoms with van der Waals surface area (Å²) in [6.45, 7) is 3.82. The highest BCUT2D eigenvalue weighted by Gasteiger charge is 2.29. The zero-order valence-corrected chi connectivity index (χ0v) is 15.3. The van der Waals surface area contributed by atoms with Crippen molar-refractivity contribution >= 4 is 34.2 Å². The molecule has 1 saturated carbocycles. The molecule has 0 spiro atoms. The number of aromatic nitrogens is 3. The summed E-state index contributed by atoms with van der Waals surface area (Å²) in [6, 6.07) is 5.58. The second-order valence-corrected chi connectivity index (χ2v) is 7.30. The lowest BCUT2D eigenvalue weighted by molar-refractivity contribution is -0.116. The van der Waals surface area contributed by atoms with Gasteiger partial charge in [0.05, 0.1) is 5.52 Å². The molecule has 3 aromatic rings. The smallest absolute Gasteiger partial charge is 0.325 e. The molecule has 0 bridgehead atoms. The van der Waals surface area contributed by atoms with E-state index in [9.17, 15) is 14.4 Å². The summed E-state index contributed by atoms with van der Waals surface area (Å²) in [7, 11) is 0. The van der Waals surface area contributed by atoms with Crippen LogP contribution in [0.25, 0.3) is 11.0 Å². The number of fused-ring (bicyclic) bond motifs is 1. The zero-order valence-electron chi connectivity index (χ0n) is 14.5. The second kappa shape index (κ2) is 6.21. The number of nitrogens with one attached hydrogen (secondary N) is 1. The van der Waals surface area contributed by atoms with Crippen molar-refractivity contribution < 1.29 is 4.79 Å². The number of amides is 1. The van der Waals surface area contributed by atoms with Crippen LogP contribution in [0.4, 0.5) is 5.69 Å². The molecule has 2 aromatic heterocycles. The van der Waals surface area contributed by atoms with Crippen LogP contribution in [0.5, 0.6) is 0 Å². The van der Waals surface area contributed by atoms with E-state index in [0.717, 1.165) is 35.5 Å². The summed E-state index contributed by atoms with van der Waals surface area (Å²) in [4.78, 5) is 37.8. The largest absolute Gasteiger partial charge is 0.332 e. The van der Waals surface area contributed by atoms with Crippen LogP contribution in [0.2, 0.25) is 0 Å². The highest BCUT2D eigenvalue weighted by Crippen LogP contribution is 2.32. The third-order valence-corrected chi connectivity index (χ3v) is 5.32. The lowest BCUT2D eigenvalue weighted by atomic mass is 10.1. The van der Waals surface area contributed by atoms with Crippen LogP contribution < -0.4 is 16.6 Å². The summed E-state index contributed by atoms with van der Waals surface area (Å²) < 4.78 is 6.70. The fraction of sp³-hybridized carbons (Fsp3) is 0.333. The molecular weight excluding hydrogens is 352 g/mol. The molecule has 1 aromatic carbocycles. The SMILES string of the molecule is Cc1ccc(NC(=O)Cn2c(=O)n(C3CC3)c(=O)c3nscc32)cc1C. The molecule has 4 rings (SSSR count). The number of benzene rings is 1. The van der Waals surface area contributed by atoms with Crippen LogP contribution in [0.3, 0.4) is 0 Å². The highest BCUT2D eigenvalue weighted by atomic mass is 32.1. The first-order chi connectivity index (χ1) is 12.5. The van der Waals surface area contributed by atoms with E-state index in [-0.39, 0.29) is 29.6 Å². The third kappa shape index (κ3) is 2.86. The van der Waals surface area contributed by atoms with Gasteiger partial charge in [0, 0.05) is 17.1 Å². The number of carbonyl (C=O) groups excluding carboxylic acids is 1. The Kier molecular flexibility index (Phi) is 3.99. The minimum atomic E-state index is -0.444. The molecule has 1 N–H and O–H groups in total. The first-order valence-corrected chi connectivity index (χ1v) is 9.26. The first-order valence-electron chi connectivity index (χ1n) is 8.42. The van der Waals surface area contributed by atoms with Crippen LogP contribution in [-0.4, -0.2) is 19.4 Å². The third-order valence-electron chi connectivity index (χ3n) is 4.70. The van der Waals surface area contributed by atoms with E-state index in [1.54, 1.807) is 5.38 Å². The Bertz CT molecular complexity index is 1140. The maximum absolute atomic E-state index is 12.8. The van der Waals surface area contributed by atoms with E-state index in [4.69, 9.17) is 0 Å². The quantitative estimate of drug-likeness (QED) is 0.763. The molecule has 7 nitrogen and oxygen atoms in total. The number of carbonyl (C=O) groups is 1. The second-order valence-electron chi connectivity index (χ2n) is 6.67. The zero-order chi connectivity index (χ0) is 18.4. The van der Waals surface area contributed by atoms with Gasteiger partial charge in [0.25, 0.3) is 5.56 Å². The minimum absolute atomic E-state index is 0.0739. The van der Waals surface area contributed by atoms with Crippen LogP contribution in [0, 0.1) is 13.8 Å². The average Bonchev–Trinajstić information content (AvgIpc) is 3.30. The van der Waals surface area contributed by atoms with Gasteiger partial charge in [-0.15, -0.1) is 0 Å². The fourth-order valence-corrected chi connectivity index (χ4v) is 3.64. The lowest BCUT2D eigenvalue weighted by Crippen LogP contribution is -2.41. The minimum Gasteiger partial charge on any atom is -0.325 e. The number of hydrogen-bond acceptors (Lipinski definition) is 5. The van der Waals surface area contributed by atoms with Crippen molar-refractivity contribution in [3.63, 3.8) is 0 Å². The molecule has 0 radical (unpaired) electrons. The van der Waals surface area contributed by atoms with Crippen molar-refractivity contribution in [2.45, 2.75) is 39.3 Å². The standard InChI is InChI=1S/C18H18N4O3S/c1-10-3-4-12(7-11(10)2)19-15(23)8-21-14-9-26-20-16(14)17(24)22(18(21)25)13-5-6-13/h3-4,7,9,13H,5-6,8H2,1-2H3,(H,19,23). The van der Waals surface area contributed by atoms with Gasteiger partial charge in [0.2, 0.25) is 5.91 Å². The number of anilines is 1. The summed E-state index contributed by atoms with van der Waals surface area (Å²) in [5, 5.41) is 4.46.